The third kappa shape index (κ3) is 4.17. The molecule has 180 valence electrons. The van der Waals surface area contributed by atoms with E-state index >= 15 is 0 Å². The van der Waals surface area contributed by atoms with Gasteiger partial charge in [-0.3, -0.25) is 0 Å². The molecule has 0 saturated heterocycles. The number of benzene rings is 6. The van der Waals surface area contributed by atoms with E-state index in [0.717, 1.165) is 11.1 Å². The molecule has 0 fully saturated rings. The van der Waals surface area contributed by atoms with Gasteiger partial charge in [0.1, 0.15) is 0 Å². The summed E-state index contributed by atoms with van der Waals surface area (Å²) in [5.74, 6) is 0. The molecule has 6 rings (SSSR count). The summed E-state index contributed by atoms with van der Waals surface area (Å²) in [6, 6.07) is 45.8. The van der Waals surface area contributed by atoms with E-state index in [1.54, 1.807) is 0 Å². The van der Waals surface area contributed by atoms with Crippen molar-refractivity contribution in [3.63, 3.8) is 0 Å². The van der Waals surface area contributed by atoms with E-state index in [1.165, 1.54) is 54.9 Å². The van der Waals surface area contributed by atoms with E-state index in [2.05, 4.69) is 141 Å². The van der Waals surface area contributed by atoms with Crippen LogP contribution in [0.1, 0.15) is 5.56 Å². The van der Waals surface area contributed by atoms with Crippen molar-refractivity contribution < 1.29 is 0 Å². The Balaban J connectivity index is 1.69. The van der Waals surface area contributed by atoms with Gasteiger partial charge in [0.25, 0.3) is 0 Å². The Kier molecular flexibility index (Phi) is 6.30. The summed E-state index contributed by atoms with van der Waals surface area (Å²) in [6.07, 6.45) is 5.73. The van der Waals surface area contributed by atoms with E-state index in [1.807, 2.05) is 18.2 Å². The fourth-order valence-corrected chi connectivity index (χ4v) is 5.45. The molecule has 0 bridgehead atoms. The minimum Gasteiger partial charge on any atom is -0.0990 e. The molecular weight excluding hydrogens is 456 g/mol. The smallest absolute Gasteiger partial charge is 0.00261 e. The van der Waals surface area contributed by atoms with Gasteiger partial charge < -0.3 is 0 Å². The highest BCUT2D eigenvalue weighted by molar-refractivity contribution is 6.21. The first-order chi connectivity index (χ1) is 18.8. The van der Waals surface area contributed by atoms with Crippen molar-refractivity contribution in [3.8, 4) is 33.4 Å². The van der Waals surface area contributed by atoms with Gasteiger partial charge in [-0.25, -0.2) is 0 Å². The molecule has 0 saturated carbocycles. The summed E-state index contributed by atoms with van der Waals surface area (Å²) < 4.78 is 0. The Morgan fingerprint density at radius 1 is 0.447 bits per heavy atom. The quantitative estimate of drug-likeness (QED) is 0.163. The zero-order valence-electron chi connectivity index (χ0n) is 21.3. The highest BCUT2D eigenvalue weighted by Crippen LogP contribution is 2.44. The highest BCUT2D eigenvalue weighted by Gasteiger charge is 2.17. The van der Waals surface area contributed by atoms with Crippen molar-refractivity contribution >= 4 is 27.1 Å². The van der Waals surface area contributed by atoms with Gasteiger partial charge in [0, 0.05) is 0 Å². The van der Waals surface area contributed by atoms with Crippen LogP contribution in [0.25, 0.3) is 60.5 Å². The van der Waals surface area contributed by atoms with Gasteiger partial charge in [-0.2, -0.15) is 0 Å². The number of allylic oxidation sites excluding steroid dienone is 4. The molecule has 0 aromatic heterocycles. The van der Waals surface area contributed by atoms with E-state index in [-0.39, 0.29) is 0 Å². The molecule has 0 atom stereocenters. The lowest BCUT2D eigenvalue weighted by atomic mass is 9.84. The Bertz CT molecular complexity index is 1800. The number of fused-ring (bicyclic) bond motifs is 2. The molecule has 0 heterocycles. The molecule has 6 aromatic rings. The van der Waals surface area contributed by atoms with Gasteiger partial charge in [0.05, 0.1) is 0 Å². The molecule has 0 spiro atoms. The summed E-state index contributed by atoms with van der Waals surface area (Å²) in [5.41, 5.74) is 9.56. The minimum absolute atomic E-state index is 1.06. The normalized spacial score (nSPS) is 11.5. The van der Waals surface area contributed by atoms with Crippen molar-refractivity contribution in [2.45, 2.75) is 0 Å². The lowest BCUT2D eigenvalue weighted by molar-refractivity contribution is 1.60. The molecule has 0 heteroatoms. The van der Waals surface area contributed by atoms with Gasteiger partial charge in [-0.15, -0.1) is 0 Å². The summed E-state index contributed by atoms with van der Waals surface area (Å²) in [4.78, 5) is 0. The molecule has 0 radical (unpaired) electrons. The summed E-state index contributed by atoms with van der Waals surface area (Å²) in [7, 11) is 0. The third-order valence-corrected chi connectivity index (χ3v) is 7.22. The monoisotopic (exact) mass is 484 g/mol. The van der Waals surface area contributed by atoms with Crippen molar-refractivity contribution in [1.29, 1.82) is 0 Å². The summed E-state index contributed by atoms with van der Waals surface area (Å²) >= 11 is 0. The largest absolute Gasteiger partial charge is 0.0990 e. The second-order valence-electron chi connectivity index (χ2n) is 9.43. The Morgan fingerprint density at radius 2 is 0.921 bits per heavy atom. The van der Waals surface area contributed by atoms with Gasteiger partial charge in [-0.05, 0) is 72.1 Å². The van der Waals surface area contributed by atoms with Crippen LogP contribution >= 0.6 is 0 Å². The van der Waals surface area contributed by atoms with Crippen LogP contribution in [0.2, 0.25) is 0 Å². The summed E-state index contributed by atoms with van der Waals surface area (Å²) in [6.45, 7) is 7.96. The maximum atomic E-state index is 4.05. The summed E-state index contributed by atoms with van der Waals surface area (Å²) in [5, 5.41) is 4.97. The van der Waals surface area contributed by atoms with Crippen LogP contribution < -0.4 is 0 Å². The van der Waals surface area contributed by atoms with Crippen molar-refractivity contribution in [3.05, 3.63) is 164 Å². The van der Waals surface area contributed by atoms with E-state index in [4.69, 9.17) is 0 Å². The highest BCUT2D eigenvalue weighted by atomic mass is 14.2. The predicted octanol–water partition coefficient (Wildman–Crippen LogP) is 10.7. The molecule has 0 nitrogen and oxygen atoms in total. The van der Waals surface area contributed by atoms with Crippen LogP contribution in [-0.2, 0) is 0 Å². The Hall–Kier alpha value is -4.94. The van der Waals surface area contributed by atoms with Gasteiger partial charge in [0.2, 0.25) is 0 Å². The minimum atomic E-state index is 1.06. The maximum Gasteiger partial charge on any atom is -0.00261 e. The Labute approximate surface area is 224 Å². The molecule has 0 aliphatic carbocycles. The molecule has 6 aromatic carbocycles. The molecule has 0 aliphatic heterocycles. The van der Waals surface area contributed by atoms with Crippen molar-refractivity contribution in [2.24, 2.45) is 0 Å². The van der Waals surface area contributed by atoms with Crippen LogP contribution in [0.15, 0.2) is 159 Å². The van der Waals surface area contributed by atoms with E-state index in [0.29, 0.717) is 0 Å². The van der Waals surface area contributed by atoms with Crippen LogP contribution in [0.5, 0.6) is 0 Å². The van der Waals surface area contributed by atoms with Crippen molar-refractivity contribution in [1.82, 2.24) is 0 Å². The predicted molar refractivity (Wildman–Crippen MR) is 166 cm³/mol. The number of hydrogen-bond donors (Lipinski definition) is 0. The maximum absolute atomic E-state index is 4.05. The van der Waals surface area contributed by atoms with Gasteiger partial charge in [0.15, 0.2) is 0 Å². The third-order valence-electron chi connectivity index (χ3n) is 7.22. The molecule has 38 heavy (non-hydrogen) atoms. The van der Waals surface area contributed by atoms with E-state index in [9.17, 15) is 0 Å². The molecular formula is C38H28. The zero-order chi connectivity index (χ0) is 25.9. The number of hydrogen-bond acceptors (Lipinski definition) is 0. The second-order valence-corrected chi connectivity index (χ2v) is 9.43. The standard InChI is InChI=1S/C38H28/c1-3-13-27(4-2)32-24-25-35-36(26-32)38(31-22-20-29(21-23-31)28-14-7-5-8-15-28)34-19-12-11-18-33(34)37(35)30-16-9-6-10-17-30/h3-26H,1-2H2. The van der Waals surface area contributed by atoms with Crippen LogP contribution in [0.4, 0.5) is 0 Å². The molecule has 0 aliphatic rings. The van der Waals surface area contributed by atoms with Crippen LogP contribution in [0.3, 0.4) is 0 Å². The first-order valence-corrected chi connectivity index (χ1v) is 12.9. The molecule has 0 amide bonds. The van der Waals surface area contributed by atoms with E-state index < -0.39 is 0 Å². The van der Waals surface area contributed by atoms with Crippen LogP contribution in [-0.4, -0.2) is 0 Å². The Morgan fingerprint density at radius 3 is 1.53 bits per heavy atom. The molecule has 0 unspecified atom stereocenters. The lowest BCUT2D eigenvalue weighted by Crippen LogP contribution is -1.92. The zero-order valence-corrected chi connectivity index (χ0v) is 21.3. The first kappa shape index (κ1) is 23.5. The lowest BCUT2D eigenvalue weighted by Gasteiger charge is -2.19. The number of rotatable bonds is 6. The van der Waals surface area contributed by atoms with Gasteiger partial charge >= 0.3 is 0 Å². The first-order valence-electron chi connectivity index (χ1n) is 12.9. The fourth-order valence-electron chi connectivity index (χ4n) is 5.45. The average molecular weight is 485 g/mol. The van der Waals surface area contributed by atoms with Gasteiger partial charge in [-0.1, -0.05) is 153 Å². The van der Waals surface area contributed by atoms with Crippen LogP contribution in [0, 0.1) is 0 Å². The average Bonchev–Trinajstić information content (AvgIpc) is 2.99. The fraction of sp³-hybridized carbons (Fsp3) is 0. The molecule has 0 N–H and O–H groups in total. The second kappa shape index (κ2) is 10.2. The topological polar surface area (TPSA) is 0 Å². The SMILES string of the molecule is C=CC=C(C=C)c1ccc2c(-c3ccccc3)c3ccccc3c(-c3ccc(-c4ccccc4)cc3)c2c1. The van der Waals surface area contributed by atoms with Crippen molar-refractivity contribution in [2.75, 3.05) is 0 Å².